The van der Waals surface area contributed by atoms with Gasteiger partial charge in [0.15, 0.2) is 0 Å². The van der Waals surface area contributed by atoms with Crippen LogP contribution in [-0.2, 0) is 27.3 Å². The predicted molar refractivity (Wildman–Crippen MR) is 93.2 cm³/mol. The zero-order valence-electron chi connectivity index (χ0n) is 13.6. The van der Waals surface area contributed by atoms with Crippen molar-refractivity contribution in [2.24, 2.45) is 0 Å². The minimum atomic E-state index is 0.250. The summed E-state index contributed by atoms with van der Waals surface area (Å²) in [4.78, 5) is 16.2. The van der Waals surface area contributed by atoms with Gasteiger partial charge in [-0.05, 0) is 24.6 Å². The predicted octanol–water partition coefficient (Wildman–Crippen LogP) is 3.60. The first-order valence-corrected chi connectivity index (χ1v) is 8.28. The third kappa shape index (κ3) is 4.92. The Morgan fingerprint density at radius 3 is 2.54 bits per heavy atom. The van der Waals surface area contributed by atoms with E-state index in [1.807, 2.05) is 29.8 Å². The third-order valence-electron chi connectivity index (χ3n) is 3.22. The standard InChI is InChI=1S/C15H18BrClN2O2.CO2/c1-4-12-14(17)15(19(18-12)7-8-20-2)11-6-5-10(16)9-13(11)21-3;2-1-3/h5-6,9H,4,7-8H2,1-3H3;. The highest BCUT2D eigenvalue weighted by atomic mass is 79.9. The van der Waals surface area contributed by atoms with Crippen LogP contribution in [0.5, 0.6) is 5.75 Å². The van der Waals surface area contributed by atoms with Crippen molar-refractivity contribution in [1.82, 2.24) is 9.78 Å². The molecule has 0 saturated heterocycles. The fourth-order valence-electron chi connectivity index (χ4n) is 2.17. The molecule has 0 fully saturated rings. The van der Waals surface area contributed by atoms with E-state index >= 15 is 0 Å². The fourth-order valence-corrected chi connectivity index (χ4v) is 2.88. The summed E-state index contributed by atoms with van der Waals surface area (Å²) in [6.07, 6.45) is 1.03. The Labute approximate surface area is 153 Å². The Morgan fingerprint density at radius 2 is 2.00 bits per heavy atom. The van der Waals surface area contributed by atoms with Gasteiger partial charge in [0.1, 0.15) is 5.75 Å². The Balaban J connectivity index is 0.000000891. The minimum Gasteiger partial charge on any atom is -0.496 e. The van der Waals surface area contributed by atoms with Crippen LogP contribution in [0.1, 0.15) is 12.6 Å². The molecular formula is C16H18BrClN2O4. The van der Waals surface area contributed by atoms with Crippen molar-refractivity contribution in [1.29, 1.82) is 0 Å². The van der Waals surface area contributed by atoms with Crippen molar-refractivity contribution in [2.75, 3.05) is 20.8 Å². The lowest BCUT2D eigenvalue weighted by molar-refractivity contribution is -0.191. The van der Waals surface area contributed by atoms with E-state index in [1.54, 1.807) is 14.2 Å². The SMILES string of the molecule is CCc1nn(CCOC)c(-c2ccc(Br)cc2OC)c1Cl.O=C=O. The monoisotopic (exact) mass is 416 g/mol. The molecule has 0 saturated carbocycles. The topological polar surface area (TPSA) is 70.4 Å². The third-order valence-corrected chi connectivity index (χ3v) is 4.11. The molecule has 2 rings (SSSR count). The molecule has 0 atom stereocenters. The molecule has 0 amide bonds. The summed E-state index contributed by atoms with van der Waals surface area (Å²) in [5.41, 5.74) is 2.68. The van der Waals surface area contributed by atoms with Gasteiger partial charge in [0.05, 0.1) is 36.7 Å². The van der Waals surface area contributed by atoms with Gasteiger partial charge in [-0.3, -0.25) is 4.68 Å². The van der Waals surface area contributed by atoms with Gasteiger partial charge in [-0.1, -0.05) is 34.5 Å². The maximum atomic E-state index is 8.12. The van der Waals surface area contributed by atoms with Gasteiger partial charge in [0.25, 0.3) is 0 Å². The molecule has 0 aliphatic rings. The minimum absolute atomic E-state index is 0.250. The number of hydrogen-bond acceptors (Lipinski definition) is 5. The lowest BCUT2D eigenvalue weighted by atomic mass is 10.1. The van der Waals surface area contributed by atoms with Gasteiger partial charge >= 0.3 is 6.15 Å². The van der Waals surface area contributed by atoms with Crippen LogP contribution in [-0.4, -0.2) is 36.8 Å². The highest BCUT2D eigenvalue weighted by molar-refractivity contribution is 9.10. The second-order valence-electron chi connectivity index (χ2n) is 4.61. The van der Waals surface area contributed by atoms with Gasteiger partial charge in [0, 0.05) is 17.1 Å². The molecule has 0 unspecified atom stereocenters. The van der Waals surface area contributed by atoms with E-state index in [1.165, 1.54) is 0 Å². The van der Waals surface area contributed by atoms with Crippen LogP contribution >= 0.6 is 27.5 Å². The number of carbonyl (C=O) groups excluding carboxylic acids is 2. The number of benzene rings is 1. The molecule has 24 heavy (non-hydrogen) atoms. The largest absolute Gasteiger partial charge is 0.496 e. The summed E-state index contributed by atoms with van der Waals surface area (Å²) in [6.45, 7) is 3.26. The molecule has 0 spiro atoms. The van der Waals surface area contributed by atoms with E-state index in [-0.39, 0.29) is 6.15 Å². The summed E-state index contributed by atoms with van der Waals surface area (Å²) in [6, 6.07) is 5.87. The molecule has 2 aromatic rings. The second kappa shape index (κ2) is 10.3. The highest BCUT2D eigenvalue weighted by Gasteiger charge is 2.19. The number of hydrogen-bond donors (Lipinski definition) is 0. The number of aromatic nitrogens is 2. The summed E-state index contributed by atoms with van der Waals surface area (Å²) >= 11 is 9.97. The van der Waals surface area contributed by atoms with Crippen LogP contribution in [0.2, 0.25) is 5.02 Å². The smallest absolute Gasteiger partial charge is 0.373 e. The average molecular weight is 418 g/mol. The lowest BCUT2D eigenvalue weighted by Crippen LogP contribution is -2.08. The van der Waals surface area contributed by atoms with Crippen LogP contribution in [0.3, 0.4) is 0 Å². The van der Waals surface area contributed by atoms with Crippen molar-refractivity contribution < 1.29 is 19.1 Å². The van der Waals surface area contributed by atoms with Gasteiger partial charge < -0.3 is 9.47 Å². The van der Waals surface area contributed by atoms with E-state index in [0.717, 1.165) is 33.6 Å². The first-order valence-electron chi connectivity index (χ1n) is 7.11. The van der Waals surface area contributed by atoms with E-state index in [4.69, 9.17) is 30.7 Å². The van der Waals surface area contributed by atoms with Crippen LogP contribution in [0.25, 0.3) is 11.3 Å². The molecule has 6 nitrogen and oxygen atoms in total. The highest BCUT2D eigenvalue weighted by Crippen LogP contribution is 2.38. The second-order valence-corrected chi connectivity index (χ2v) is 5.90. The molecule has 1 heterocycles. The molecule has 0 N–H and O–H groups in total. The Hall–Kier alpha value is -1.66. The van der Waals surface area contributed by atoms with Crippen molar-refractivity contribution in [3.05, 3.63) is 33.4 Å². The molecule has 1 aromatic heterocycles. The van der Waals surface area contributed by atoms with E-state index < -0.39 is 0 Å². The number of ether oxygens (including phenoxy) is 2. The van der Waals surface area contributed by atoms with Gasteiger partial charge in [0.2, 0.25) is 0 Å². The van der Waals surface area contributed by atoms with Crippen LogP contribution in [0.4, 0.5) is 0 Å². The zero-order chi connectivity index (χ0) is 18.1. The van der Waals surface area contributed by atoms with Gasteiger partial charge in [-0.15, -0.1) is 0 Å². The van der Waals surface area contributed by atoms with Crippen molar-refractivity contribution in [2.45, 2.75) is 19.9 Å². The molecule has 0 bridgehead atoms. The number of halogens is 2. The summed E-state index contributed by atoms with van der Waals surface area (Å²) in [5, 5.41) is 5.25. The fraction of sp³-hybridized carbons (Fsp3) is 0.375. The van der Waals surface area contributed by atoms with Gasteiger partial charge in [-0.2, -0.15) is 14.7 Å². The maximum absolute atomic E-state index is 8.12. The molecule has 130 valence electrons. The Kier molecular flexibility index (Phi) is 8.71. The van der Waals surface area contributed by atoms with Crippen LogP contribution in [0.15, 0.2) is 22.7 Å². The molecular weight excluding hydrogens is 400 g/mol. The summed E-state index contributed by atoms with van der Waals surface area (Å²) in [7, 11) is 3.32. The Bertz CT molecular complexity index is 712. The average Bonchev–Trinajstić information content (AvgIpc) is 2.89. The molecule has 0 radical (unpaired) electrons. The summed E-state index contributed by atoms with van der Waals surface area (Å²) < 4.78 is 13.5. The quantitative estimate of drug-likeness (QED) is 0.718. The number of rotatable bonds is 6. The number of aryl methyl sites for hydroxylation is 1. The molecule has 0 aliphatic carbocycles. The van der Waals surface area contributed by atoms with Crippen LogP contribution < -0.4 is 4.74 Å². The van der Waals surface area contributed by atoms with Crippen molar-refractivity contribution >= 4 is 33.7 Å². The Morgan fingerprint density at radius 1 is 1.33 bits per heavy atom. The molecule has 8 heteroatoms. The number of methoxy groups -OCH3 is 2. The maximum Gasteiger partial charge on any atom is 0.373 e. The normalized spacial score (nSPS) is 9.88. The van der Waals surface area contributed by atoms with E-state index in [9.17, 15) is 0 Å². The number of nitrogens with zero attached hydrogens (tertiary/aromatic N) is 2. The van der Waals surface area contributed by atoms with Crippen molar-refractivity contribution in [3.8, 4) is 17.0 Å². The van der Waals surface area contributed by atoms with E-state index in [2.05, 4.69) is 21.0 Å². The van der Waals surface area contributed by atoms with E-state index in [0.29, 0.717) is 18.2 Å². The first-order chi connectivity index (χ1) is 11.5. The first kappa shape index (κ1) is 20.4. The van der Waals surface area contributed by atoms with Crippen LogP contribution in [0, 0.1) is 0 Å². The summed E-state index contributed by atoms with van der Waals surface area (Å²) in [5.74, 6) is 0.757. The molecule has 0 aliphatic heterocycles. The van der Waals surface area contributed by atoms with Gasteiger partial charge in [-0.25, -0.2) is 0 Å². The zero-order valence-corrected chi connectivity index (χ0v) is 16.0. The lowest BCUT2D eigenvalue weighted by Gasteiger charge is -2.12. The molecule has 1 aromatic carbocycles. The van der Waals surface area contributed by atoms with Crippen molar-refractivity contribution in [3.63, 3.8) is 0 Å².